The predicted octanol–water partition coefficient (Wildman–Crippen LogP) is 4.79. The molecular formula is C31H35N5O3S. The van der Waals surface area contributed by atoms with Crippen LogP contribution < -0.4 is 16.5 Å². The minimum atomic E-state index is -0.722. The summed E-state index contributed by atoms with van der Waals surface area (Å²) < 4.78 is 9.74. The number of benzene rings is 2. The number of carbonyl (C=O) groups excluding carboxylic acids is 2. The van der Waals surface area contributed by atoms with Gasteiger partial charge in [-0.25, -0.2) is 4.99 Å². The summed E-state index contributed by atoms with van der Waals surface area (Å²) in [6, 6.07) is 16.4. The number of ether oxygens (including phenoxy) is 1. The Balaban J connectivity index is 0.00000158. The molecule has 2 aromatic carbocycles. The van der Waals surface area contributed by atoms with Gasteiger partial charge in [0, 0.05) is 69.4 Å². The van der Waals surface area contributed by atoms with Crippen molar-refractivity contribution in [1.29, 1.82) is 0 Å². The smallest absolute Gasteiger partial charge is 0.244 e. The second-order valence-corrected chi connectivity index (χ2v) is 10.9. The van der Waals surface area contributed by atoms with Crippen LogP contribution in [0.1, 0.15) is 26.7 Å². The highest BCUT2D eigenvalue weighted by molar-refractivity contribution is 7.26. The molecule has 2 aromatic heterocycles. The number of allylic oxidation sites excluding steroid dienone is 1. The van der Waals surface area contributed by atoms with Gasteiger partial charge in [-0.15, -0.1) is 11.3 Å². The third-order valence-corrected chi connectivity index (χ3v) is 8.43. The number of morpholine rings is 1. The Morgan fingerprint density at radius 1 is 1.07 bits per heavy atom. The van der Waals surface area contributed by atoms with E-state index in [1.165, 1.54) is 6.08 Å². The van der Waals surface area contributed by atoms with E-state index in [9.17, 15) is 9.59 Å². The molecule has 0 bridgehead atoms. The fourth-order valence-electron chi connectivity index (χ4n) is 4.83. The summed E-state index contributed by atoms with van der Waals surface area (Å²) in [7, 11) is 1.96. The third-order valence-electron chi connectivity index (χ3n) is 7.21. The SMILES string of the molecule is CC.Cn1cccc(-c2cccc3c2sc2ccc(NC(=O)C4(N)CC4)cc23)/c1=N/C(=C\C=O)N1CCOCC1. The van der Waals surface area contributed by atoms with Crippen molar-refractivity contribution in [2.45, 2.75) is 32.2 Å². The second kappa shape index (κ2) is 11.8. The molecule has 3 N–H and O–H groups in total. The fraction of sp³-hybridized carbons (Fsp3) is 0.323. The van der Waals surface area contributed by atoms with Crippen LogP contribution >= 0.6 is 11.3 Å². The van der Waals surface area contributed by atoms with Crippen molar-refractivity contribution in [3.63, 3.8) is 0 Å². The number of fused-ring (bicyclic) bond motifs is 3. The summed E-state index contributed by atoms with van der Waals surface area (Å²) in [6.07, 6.45) is 5.72. The highest BCUT2D eigenvalue weighted by Crippen LogP contribution is 2.40. The lowest BCUT2D eigenvalue weighted by Crippen LogP contribution is -2.37. The molecule has 2 fully saturated rings. The normalized spacial score (nSPS) is 16.9. The molecular weight excluding hydrogens is 522 g/mol. The van der Waals surface area contributed by atoms with E-state index in [-0.39, 0.29) is 5.91 Å². The van der Waals surface area contributed by atoms with E-state index < -0.39 is 5.54 Å². The summed E-state index contributed by atoms with van der Waals surface area (Å²) in [5.74, 6) is 0.503. The Kier molecular flexibility index (Phi) is 8.16. The minimum absolute atomic E-state index is 0.125. The molecule has 6 rings (SSSR count). The van der Waals surface area contributed by atoms with Crippen LogP contribution in [-0.4, -0.2) is 53.5 Å². The number of hydrogen-bond acceptors (Lipinski definition) is 7. The van der Waals surface area contributed by atoms with E-state index in [0.717, 1.165) is 61.6 Å². The lowest BCUT2D eigenvalue weighted by Gasteiger charge is -2.28. The van der Waals surface area contributed by atoms with Gasteiger partial charge in [-0.3, -0.25) is 9.59 Å². The molecule has 2 aliphatic rings. The van der Waals surface area contributed by atoms with E-state index in [4.69, 9.17) is 15.5 Å². The largest absolute Gasteiger partial charge is 0.378 e. The molecule has 1 saturated heterocycles. The average Bonchev–Trinajstić information content (AvgIpc) is 3.64. The van der Waals surface area contributed by atoms with Gasteiger partial charge in [0.25, 0.3) is 0 Å². The summed E-state index contributed by atoms with van der Waals surface area (Å²) >= 11 is 1.71. The number of rotatable bonds is 6. The topological polar surface area (TPSA) is 102 Å². The van der Waals surface area contributed by atoms with Gasteiger partial charge in [0.05, 0.1) is 18.8 Å². The average molecular weight is 558 g/mol. The van der Waals surface area contributed by atoms with Gasteiger partial charge in [0.1, 0.15) is 17.6 Å². The van der Waals surface area contributed by atoms with E-state index in [1.807, 2.05) is 49.9 Å². The van der Waals surface area contributed by atoms with Gasteiger partial charge in [-0.05, 0) is 43.2 Å². The molecule has 0 spiro atoms. The van der Waals surface area contributed by atoms with Crippen LogP contribution in [0.5, 0.6) is 0 Å². The third kappa shape index (κ3) is 5.45. The number of carbonyl (C=O) groups is 2. The zero-order valence-electron chi connectivity index (χ0n) is 23.1. The first-order chi connectivity index (χ1) is 19.5. The number of aromatic nitrogens is 1. The molecule has 0 radical (unpaired) electrons. The lowest BCUT2D eigenvalue weighted by atomic mass is 10.0. The number of aldehydes is 1. The summed E-state index contributed by atoms with van der Waals surface area (Å²) in [4.78, 5) is 31.1. The van der Waals surface area contributed by atoms with Crippen LogP contribution in [0.4, 0.5) is 5.69 Å². The molecule has 1 amide bonds. The van der Waals surface area contributed by atoms with Crippen molar-refractivity contribution in [1.82, 2.24) is 9.47 Å². The van der Waals surface area contributed by atoms with Crippen LogP contribution in [0, 0.1) is 0 Å². The number of amides is 1. The maximum absolute atomic E-state index is 12.5. The highest BCUT2D eigenvalue weighted by Gasteiger charge is 2.45. The van der Waals surface area contributed by atoms with Crippen molar-refractivity contribution in [2.75, 3.05) is 31.6 Å². The Morgan fingerprint density at radius 2 is 1.82 bits per heavy atom. The molecule has 1 saturated carbocycles. The number of pyridine rings is 1. The first-order valence-electron chi connectivity index (χ1n) is 13.7. The molecule has 208 valence electrons. The number of nitrogens with two attached hydrogens (primary N) is 1. The molecule has 3 heterocycles. The Morgan fingerprint density at radius 3 is 2.55 bits per heavy atom. The van der Waals surface area contributed by atoms with Crippen LogP contribution in [-0.2, 0) is 21.4 Å². The quantitative estimate of drug-likeness (QED) is 0.262. The maximum Gasteiger partial charge on any atom is 0.244 e. The number of anilines is 1. The van der Waals surface area contributed by atoms with Gasteiger partial charge in [-0.1, -0.05) is 32.0 Å². The minimum Gasteiger partial charge on any atom is -0.378 e. The van der Waals surface area contributed by atoms with E-state index in [2.05, 4.69) is 40.5 Å². The molecule has 1 aliphatic heterocycles. The summed E-state index contributed by atoms with van der Waals surface area (Å²) in [6.45, 7) is 6.58. The van der Waals surface area contributed by atoms with Gasteiger partial charge in [0.15, 0.2) is 0 Å². The molecule has 4 aromatic rings. The Labute approximate surface area is 237 Å². The van der Waals surface area contributed by atoms with Crippen LogP contribution in [0.15, 0.2) is 71.6 Å². The maximum atomic E-state index is 12.5. The molecule has 40 heavy (non-hydrogen) atoms. The highest BCUT2D eigenvalue weighted by atomic mass is 32.1. The molecule has 8 nitrogen and oxygen atoms in total. The Bertz CT molecular complexity index is 1660. The zero-order valence-corrected chi connectivity index (χ0v) is 24.0. The van der Waals surface area contributed by atoms with Gasteiger partial charge in [-0.2, -0.15) is 0 Å². The fourth-order valence-corrected chi connectivity index (χ4v) is 6.04. The first kappa shape index (κ1) is 27.8. The van der Waals surface area contributed by atoms with Crippen molar-refractivity contribution >= 4 is 49.4 Å². The van der Waals surface area contributed by atoms with Crippen molar-refractivity contribution in [3.8, 4) is 11.1 Å². The number of nitrogens with zero attached hydrogens (tertiary/aromatic N) is 3. The van der Waals surface area contributed by atoms with Crippen molar-refractivity contribution in [3.05, 3.63) is 72.1 Å². The molecule has 9 heteroatoms. The van der Waals surface area contributed by atoms with Gasteiger partial charge in [0.2, 0.25) is 5.91 Å². The second-order valence-electron chi connectivity index (χ2n) is 9.83. The van der Waals surface area contributed by atoms with Crippen molar-refractivity contribution in [2.24, 2.45) is 17.8 Å². The standard InChI is InChI=1S/C29H29N5O3S.C2H6/c1-33-12-3-6-22(27(33)32-25(9-15-35)34-13-16-37-17-14-34)20-4-2-5-21-23-18-19(7-8-24(23)38-26(20)21)31-28(36)29(30)10-11-29;1-2/h2-9,12,15,18H,10-11,13-14,16-17,30H2,1H3,(H,31,36);1-2H3/b25-9+,32-27-;. The zero-order chi connectivity index (χ0) is 28.3. The molecule has 0 unspecified atom stereocenters. The van der Waals surface area contributed by atoms with E-state index in [0.29, 0.717) is 32.1 Å². The van der Waals surface area contributed by atoms with Crippen molar-refractivity contribution < 1.29 is 14.3 Å². The van der Waals surface area contributed by atoms with Crippen LogP contribution in [0.25, 0.3) is 31.3 Å². The van der Waals surface area contributed by atoms with E-state index >= 15 is 0 Å². The predicted molar refractivity (Wildman–Crippen MR) is 162 cm³/mol. The number of thiophene rings is 1. The van der Waals surface area contributed by atoms with Crippen LogP contribution in [0.3, 0.4) is 0 Å². The van der Waals surface area contributed by atoms with Gasteiger partial charge >= 0.3 is 0 Å². The summed E-state index contributed by atoms with van der Waals surface area (Å²) in [5.41, 5.74) is 8.92. The Hall–Kier alpha value is -3.79. The molecule has 0 atom stereocenters. The number of aryl methyl sites for hydroxylation is 1. The first-order valence-corrected chi connectivity index (χ1v) is 14.5. The molecule has 1 aliphatic carbocycles. The number of nitrogens with one attached hydrogen (secondary N) is 1. The van der Waals surface area contributed by atoms with E-state index in [1.54, 1.807) is 11.3 Å². The summed E-state index contributed by atoms with van der Waals surface area (Å²) in [5, 5.41) is 5.19. The number of hydrogen-bond donors (Lipinski definition) is 2. The van der Waals surface area contributed by atoms with Gasteiger partial charge < -0.3 is 25.3 Å². The lowest BCUT2D eigenvalue weighted by molar-refractivity contribution is -0.118. The monoisotopic (exact) mass is 557 g/mol. The van der Waals surface area contributed by atoms with Crippen LogP contribution in [0.2, 0.25) is 0 Å².